The highest BCUT2D eigenvalue weighted by atomic mass is 32.2. The van der Waals surface area contributed by atoms with Crippen LogP contribution in [0.3, 0.4) is 0 Å². The summed E-state index contributed by atoms with van der Waals surface area (Å²) in [6, 6.07) is 17.2. The molecule has 144 valence electrons. The van der Waals surface area contributed by atoms with E-state index >= 15 is 0 Å². The number of aryl methyl sites for hydroxylation is 1. The summed E-state index contributed by atoms with van der Waals surface area (Å²) in [5, 5.41) is 11.4. The number of carbonyl (C=O) groups is 2. The molecule has 0 spiro atoms. The van der Waals surface area contributed by atoms with E-state index in [4.69, 9.17) is 0 Å². The molecule has 0 aliphatic heterocycles. The molecule has 1 unspecified atom stereocenters. The molecule has 1 heterocycles. The van der Waals surface area contributed by atoms with Gasteiger partial charge in [0.05, 0.1) is 11.7 Å². The lowest BCUT2D eigenvalue weighted by Crippen LogP contribution is -2.20. The molecule has 0 fully saturated rings. The third-order valence-electron chi connectivity index (χ3n) is 4.26. The van der Waals surface area contributed by atoms with Gasteiger partial charge in [-0.05, 0) is 18.9 Å². The van der Waals surface area contributed by atoms with Crippen LogP contribution >= 0.6 is 23.1 Å². The first kappa shape index (κ1) is 20.2. The van der Waals surface area contributed by atoms with E-state index in [0.717, 1.165) is 11.1 Å². The highest BCUT2D eigenvalue weighted by Gasteiger charge is 2.20. The van der Waals surface area contributed by atoms with E-state index in [1.165, 1.54) is 23.1 Å². The predicted octanol–water partition coefficient (Wildman–Crippen LogP) is 4.95. The van der Waals surface area contributed by atoms with Crippen LogP contribution in [0, 0.1) is 6.92 Å². The number of hydrogen-bond acceptors (Lipinski definition) is 6. The van der Waals surface area contributed by atoms with E-state index in [9.17, 15) is 9.59 Å². The van der Waals surface area contributed by atoms with Gasteiger partial charge in [0.2, 0.25) is 11.0 Å². The molecule has 0 radical (unpaired) electrons. The largest absolute Gasteiger partial charge is 0.300 e. The maximum atomic E-state index is 12.6. The van der Waals surface area contributed by atoms with Crippen LogP contribution in [0.2, 0.25) is 0 Å². The number of nitrogens with zero attached hydrogens (tertiary/aromatic N) is 2. The van der Waals surface area contributed by atoms with E-state index < -0.39 is 0 Å². The number of Topliss-reactive ketones (excluding diaryl/α,β-unsaturated/α-hetero) is 1. The zero-order chi connectivity index (χ0) is 19.9. The van der Waals surface area contributed by atoms with Crippen molar-refractivity contribution in [1.82, 2.24) is 10.2 Å². The topological polar surface area (TPSA) is 72.0 Å². The van der Waals surface area contributed by atoms with Gasteiger partial charge < -0.3 is 0 Å². The van der Waals surface area contributed by atoms with Crippen molar-refractivity contribution in [3.63, 3.8) is 0 Å². The third-order valence-corrected chi connectivity index (χ3v) is 6.24. The molecule has 3 rings (SSSR count). The first-order valence-corrected chi connectivity index (χ1v) is 10.8. The van der Waals surface area contributed by atoms with Crippen molar-refractivity contribution >= 4 is 39.9 Å². The second-order valence-corrected chi connectivity index (χ2v) is 8.51. The molecule has 2 aromatic carbocycles. The monoisotopic (exact) mass is 411 g/mol. The van der Waals surface area contributed by atoms with Crippen LogP contribution in [0.15, 0.2) is 58.9 Å². The average molecular weight is 412 g/mol. The van der Waals surface area contributed by atoms with Crippen LogP contribution in [0.25, 0.3) is 0 Å². The lowest BCUT2D eigenvalue weighted by atomic mass is 9.96. The molecular weight excluding hydrogens is 390 g/mol. The molecule has 28 heavy (non-hydrogen) atoms. The minimum atomic E-state index is -0.232. The van der Waals surface area contributed by atoms with Crippen LogP contribution in [-0.2, 0) is 4.79 Å². The predicted molar refractivity (Wildman–Crippen MR) is 114 cm³/mol. The van der Waals surface area contributed by atoms with E-state index in [0.29, 0.717) is 21.5 Å². The van der Waals surface area contributed by atoms with Crippen molar-refractivity contribution in [1.29, 1.82) is 0 Å². The number of thioether (sulfide) groups is 1. The van der Waals surface area contributed by atoms with Gasteiger partial charge >= 0.3 is 0 Å². The van der Waals surface area contributed by atoms with Crippen LogP contribution in [0.4, 0.5) is 5.13 Å². The second-order valence-electron chi connectivity index (χ2n) is 6.31. The number of nitrogens with one attached hydrogen (secondary N) is 1. The molecule has 0 bridgehead atoms. The number of amides is 1. The van der Waals surface area contributed by atoms with Crippen LogP contribution in [0.1, 0.15) is 40.7 Å². The van der Waals surface area contributed by atoms with Gasteiger partial charge in [-0.3, -0.25) is 14.9 Å². The molecule has 1 N–H and O–H groups in total. The van der Waals surface area contributed by atoms with Gasteiger partial charge in [-0.2, -0.15) is 0 Å². The first-order valence-electron chi connectivity index (χ1n) is 8.98. The molecule has 7 heteroatoms. The summed E-state index contributed by atoms with van der Waals surface area (Å²) >= 11 is 2.61. The summed E-state index contributed by atoms with van der Waals surface area (Å²) < 4.78 is 0.656. The Bertz CT molecular complexity index is 940. The maximum absolute atomic E-state index is 12.6. The molecule has 1 amide bonds. The molecule has 3 aromatic rings. The first-order chi connectivity index (χ1) is 13.6. The summed E-state index contributed by atoms with van der Waals surface area (Å²) in [5.41, 5.74) is 2.78. The van der Waals surface area contributed by atoms with Gasteiger partial charge in [0.15, 0.2) is 10.1 Å². The zero-order valence-electron chi connectivity index (χ0n) is 15.7. The van der Waals surface area contributed by atoms with E-state index in [2.05, 4.69) is 15.5 Å². The number of ketones is 1. The number of carbonyl (C=O) groups excluding carboxylic acids is 2. The van der Waals surface area contributed by atoms with Crippen molar-refractivity contribution in [2.75, 3.05) is 11.1 Å². The number of rotatable bonds is 8. The number of benzene rings is 2. The van der Waals surface area contributed by atoms with Gasteiger partial charge in [0.1, 0.15) is 0 Å². The Kier molecular flexibility index (Phi) is 6.95. The Morgan fingerprint density at radius 3 is 2.46 bits per heavy atom. The Labute approximate surface area is 172 Å². The van der Waals surface area contributed by atoms with Crippen LogP contribution < -0.4 is 5.32 Å². The zero-order valence-corrected chi connectivity index (χ0v) is 17.3. The molecule has 0 aliphatic rings. The van der Waals surface area contributed by atoms with E-state index in [1.807, 2.05) is 68.4 Å². The fourth-order valence-electron chi connectivity index (χ4n) is 2.72. The summed E-state index contributed by atoms with van der Waals surface area (Å²) in [7, 11) is 0. The molecule has 0 saturated carbocycles. The van der Waals surface area contributed by atoms with Gasteiger partial charge in [0, 0.05) is 5.56 Å². The lowest BCUT2D eigenvalue weighted by Gasteiger charge is -2.13. The summed E-state index contributed by atoms with van der Waals surface area (Å²) in [5.74, 6) is -0.00452. The van der Waals surface area contributed by atoms with Crippen molar-refractivity contribution in [2.45, 2.75) is 30.5 Å². The third kappa shape index (κ3) is 5.27. The van der Waals surface area contributed by atoms with Crippen LogP contribution in [-0.4, -0.2) is 27.6 Å². The lowest BCUT2D eigenvalue weighted by molar-refractivity contribution is -0.117. The van der Waals surface area contributed by atoms with Gasteiger partial charge in [-0.1, -0.05) is 90.2 Å². The standard InChI is InChI=1S/C21H21N3O2S2/c1-3-17(15-7-5-4-6-8-15)19(26)22-20-23-24-21(28-20)27-13-18(25)16-11-9-14(2)10-12-16/h4-12,17H,3,13H2,1-2H3,(H,22,23,26). The smallest absolute Gasteiger partial charge is 0.233 e. The number of aromatic nitrogens is 2. The SMILES string of the molecule is CCC(C(=O)Nc1nnc(SCC(=O)c2ccc(C)cc2)s1)c1ccccc1. The maximum Gasteiger partial charge on any atom is 0.233 e. The van der Waals surface area contributed by atoms with E-state index in [1.54, 1.807) is 0 Å². The van der Waals surface area contributed by atoms with Crippen molar-refractivity contribution in [2.24, 2.45) is 0 Å². The van der Waals surface area contributed by atoms with Crippen molar-refractivity contribution < 1.29 is 9.59 Å². The number of hydrogen-bond donors (Lipinski definition) is 1. The Morgan fingerprint density at radius 2 is 1.79 bits per heavy atom. The normalized spacial score (nSPS) is 11.8. The Balaban J connectivity index is 1.57. The summed E-state index contributed by atoms with van der Waals surface area (Å²) in [4.78, 5) is 24.9. The molecule has 1 atom stereocenters. The second kappa shape index (κ2) is 9.61. The van der Waals surface area contributed by atoms with Crippen molar-refractivity contribution in [3.05, 3.63) is 71.3 Å². The fraction of sp³-hybridized carbons (Fsp3) is 0.238. The minimum absolute atomic E-state index is 0.0425. The molecule has 0 saturated heterocycles. The van der Waals surface area contributed by atoms with E-state index in [-0.39, 0.29) is 23.4 Å². The molecular formula is C21H21N3O2S2. The van der Waals surface area contributed by atoms with Gasteiger partial charge in [-0.15, -0.1) is 10.2 Å². The Hall–Kier alpha value is -2.51. The molecule has 0 aliphatic carbocycles. The molecule has 1 aromatic heterocycles. The molecule has 5 nitrogen and oxygen atoms in total. The van der Waals surface area contributed by atoms with Crippen molar-refractivity contribution in [3.8, 4) is 0 Å². The minimum Gasteiger partial charge on any atom is -0.300 e. The average Bonchev–Trinajstić information content (AvgIpc) is 3.15. The Morgan fingerprint density at radius 1 is 1.07 bits per heavy atom. The summed E-state index contributed by atoms with van der Waals surface area (Å²) in [6.45, 7) is 3.97. The highest BCUT2D eigenvalue weighted by molar-refractivity contribution is 8.01. The fourth-order valence-corrected chi connectivity index (χ4v) is 4.37. The van der Waals surface area contributed by atoms with Gasteiger partial charge in [-0.25, -0.2) is 0 Å². The highest BCUT2D eigenvalue weighted by Crippen LogP contribution is 2.28. The quantitative estimate of drug-likeness (QED) is 0.322. The number of anilines is 1. The van der Waals surface area contributed by atoms with Gasteiger partial charge in [0.25, 0.3) is 0 Å². The van der Waals surface area contributed by atoms with Crippen LogP contribution in [0.5, 0.6) is 0 Å². The summed E-state index contributed by atoms with van der Waals surface area (Å²) in [6.07, 6.45) is 0.696.